The van der Waals surface area contributed by atoms with Crippen molar-refractivity contribution in [1.29, 1.82) is 0 Å². The van der Waals surface area contributed by atoms with Gasteiger partial charge in [0, 0.05) is 30.6 Å². The number of methoxy groups -OCH3 is 1. The number of carbonyl (C=O) groups is 2. The van der Waals surface area contributed by atoms with Gasteiger partial charge in [0.1, 0.15) is 23.7 Å². The highest BCUT2D eigenvalue weighted by Gasteiger charge is 2.14. The molecular weight excluding hydrogens is 554 g/mol. The number of nitrogens with one attached hydrogen (secondary N) is 3. The first-order chi connectivity index (χ1) is 19.7. The lowest BCUT2D eigenvalue weighted by molar-refractivity contribution is -0.119. The molecule has 0 radical (unpaired) electrons. The average Bonchev–Trinajstić information content (AvgIpc) is 2.95. The summed E-state index contributed by atoms with van der Waals surface area (Å²) in [5.41, 5.74) is 1.49. The van der Waals surface area contributed by atoms with Crippen LogP contribution in [0.1, 0.15) is 5.56 Å². The molecule has 10 nitrogen and oxygen atoms in total. The maximum Gasteiger partial charge on any atom is 0.327 e. The van der Waals surface area contributed by atoms with E-state index >= 15 is 0 Å². The molecule has 1 aromatic heterocycles. The summed E-state index contributed by atoms with van der Waals surface area (Å²) in [5, 5.41) is 7.79. The summed E-state index contributed by atoms with van der Waals surface area (Å²) in [6.07, 6.45) is 1.15. The molecule has 4 rings (SSSR count). The van der Waals surface area contributed by atoms with E-state index in [1.807, 2.05) is 0 Å². The average molecular weight is 579 g/mol. The minimum absolute atomic E-state index is 0.00872. The van der Waals surface area contributed by atoms with Crippen LogP contribution in [0.3, 0.4) is 0 Å². The third-order valence-corrected chi connectivity index (χ3v) is 5.78. The fraction of sp³-hybridized carbons (Fsp3) is 0.107. The first-order valence-corrected chi connectivity index (χ1v) is 12.4. The molecule has 210 valence electrons. The van der Waals surface area contributed by atoms with Crippen molar-refractivity contribution in [3.05, 3.63) is 96.3 Å². The van der Waals surface area contributed by atoms with E-state index in [-0.39, 0.29) is 34.7 Å². The Hall–Kier alpha value is -5.17. The number of anilines is 3. The number of urea groups is 1. The van der Waals surface area contributed by atoms with E-state index in [0.717, 1.165) is 6.07 Å². The second-order valence-electron chi connectivity index (χ2n) is 8.48. The van der Waals surface area contributed by atoms with Gasteiger partial charge in [-0.05, 0) is 66.3 Å². The molecule has 0 aliphatic rings. The van der Waals surface area contributed by atoms with Gasteiger partial charge in [0.15, 0.2) is 16.7 Å². The van der Waals surface area contributed by atoms with Crippen molar-refractivity contribution in [3.8, 4) is 17.4 Å². The first-order valence-electron chi connectivity index (χ1n) is 12.0. The van der Waals surface area contributed by atoms with Crippen LogP contribution in [-0.2, 0) is 11.2 Å². The van der Waals surface area contributed by atoms with E-state index in [2.05, 4.69) is 25.9 Å². The van der Waals surface area contributed by atoms with Gasteiger partial charge in [-0.2, -0.15) is 0 Å². The van der Waals surface area contributed by atoms with Crippen molar-refractivity contribution in [1.82, 2.24) is 15.3 Å². The van der Waals surface area contributed by atoms with Crippen molar-refractivity contribution in [3.63, 3.8) is 0 Å². The quantitative estimate of drug-likeness (QED) is 0.242. The Morgan fingerprint density at radius 2 is 1.68 bits per heavy atom. The predicted octanol–water partition coefficient (Wildman–Crippen LogP) is 5.28. The Morgan fingerprint density at radius 3 is 2.37 bits per heavy atom. The zero-order chi connectivity index (χ0) is 29.4. The number of benzene rings is 3. The smallest absolute Gasteiger partial charge is 0.327 e. The highest BCUT2D eigenvalue weighted by molar-refractivity contribution is 7.80. The zero-order valence-corrected chi connectivity index (χ0v) is 22.7. The third kappa shape index (κ3) is 8.16. The van der Waals surface area contributed by atoms with E-state index in [0.29, 0.717) is 17.0 Å². The summed E-state index contributed by atoms with van der Waals surface area (Å²) >= 11 is 5.12. The monoisotopic (exact) mass is 578 g/mol. The summed E-state index contributed by atoms with van der Waals surface area (Å²) in [5.74, 6) is -0.916. The summed E-state index contributed by atoms with van der Waals surface area (Å²) in [4.78, 5) is 34.2. The standard InChI is InChI=1S/C28H24F2N6O4S/c1-36(20-8-10-21(39-2)11-9-20)28(38)34-24-15-26(32-16-31-24)40-23-12-7-19(14-22(23)30)33-27(41)35-25(37)13-17-3-5-18(29)6-4-17/h3-12,14-16H,13H2,1-2H3,(H,31,32,34,38)(H2,33,35,37,41). The van der Waals surface area contributed by atoms with Crippen LogP contribution in [0.4, 0.5) is 30.8 Å². The predicted molar refractivity (Wildman–Crippen MR) is 153 cm³/mol. The molecule has 13 heteroatoms. The van der Waals surface area contributed by atoms with Crippen LogP contribution in [0.2, 0.25) is 0 Å². The minimum atomic E-state index is -0.737. The lowest BCUT2D eigenvalue weighted by Gasteiger charge is -2.18. The molecule has 0 unspecified atom stereocenters. The molecule has 3 aromatic carbocycles. The van der Waals surface area contributed by atoms with Crippen LogP contribution < -0.4 is 30.3 Å². The van der Waals surface area contributed by atoms with Crippen molar-refractivity contribution in [2.75, 3.05) is 29.7 Å². The molecule has 4 aromatic rings. The number of nitrogens with zero attached hydrogens (tertiary/aromatic N) is 3. The second kappa shape index (κ2) is 13.3. The normalized spacial score (nSPS) is 10.3. The van der Waals surface area contributed by atoms with Gasteiger partial charge in [-0.15, -0.1) is 0 Å². The molecule has 0 spiro atoms. The van der Waals surface area contributed by atoms with E-state index in [1.165, 1.54) is 53.7 Å². The molecule has 0 fully saturated rings. The molecule has 0 saturated carbocycles. The Kier molecular flexibility index (Phi) is 9.32. The maximum absolute atomic E-state index is 14.8. The molecule has 3 amide bonds. The Balaban J connectivity index is 1.32. The van der Waals surface area contributed by atoms with Crippen LogP contribution in [0.25, 0.3) is 0 Å². The Labute approximate surface area is 239 Å². The summed E-state index contributed by atoms with van der Waals surface area (Å²) in [7, 11) is 3.14. The minimum Gasteiger partial charge on any atom is -0.497 e. The fourth-order valence-electron chi connectivity index (χ4n) is 3.47. The Bertz CT molecular complexity index is 1550. The third-order valence-electron chi connectivity index (χ3n) is 5.58. The van der Waals surface area contributed by atoms with Crippen LogP contribution in [0.5, 0.6) is 17.4 Å². The molecule has 41 heavy (non-hydrogen) atoms. The molecule has 0 aliphatic heterocycles. The molecule has 0 saturated heterocycles. The molecule has 3 N–H and O–H groups in total. The molecule has 0 bridgehead atoms. The number of rotatable bonds is 8. The zero-order valence-electron chi connectivity index (χ0n) is 21.9. The number of carbonyl (C=O) groups excluding carboxylic acids is 2. The number of hydrogen-bond donors (Lipinski definition) is 3. The lowest BCUT2D eigenvalue weighted by atomic mass is 10.1. The van der Waals surface area contributed by atoms with E-state index < -0.39 is 23.6 Å². The van der Waals surface area contributed by atoms with Gasteiger partial charge in [0.2, 0.25) is 11.8 Å². The van der Waals surface area contributed by atoms with Crippen molar-refractivity contribution < 1.29 is 27.8 Å². The largest absolute Gasteiger partial charge is 0.497 e. The molecule has 0 atom stereocenters. The number of hydrogen-bond acceptors (Lipinski definition) is 7. The maximum atomic E-state index is 14.8. The number of amides is 3. The van der Waals surface area contributed by atoms with Gasteiger partial charge < -0.3 is 20.1 Å². The summed E-state index contributed by atoms with van der Waals surface area (Å²) in [6, 6.07) is 17.2. The van der Waals surface area contributed by atoms with E-state index in [9.17, 15) is 18.4 Å². The highest BCUT2D eigenvalue weighted by atomic mass is 32.1. The van der Waals surface area contributed by atoms with E-state index in [1.54, 1.807) is 38.4 Å². The van der Waals surface area contributed by atoms with Gasteiger partial charge in [0.05, 0.1) is 13.5 Å². The number of thiocarbonyl (C=S) groups is 1. The van der Waals surface area contributed by atoms with Gasteiger partial charge in [0.25, 0.3) is 0 Å². The molecular formula is C28H24F2N6O4S. The fourth-order valence-corrected chi connectivity index (χ4v) is 3.71. The van der Waals surface area contributed by atoms with Crippen molar-refractivity contribution in [2.45, 2.75) is 6.42 Å². The van der Waals surface area contributed by atoms with Crippen LogP contribution in [0.15, 0.2) is 79.1 Å². The van der Waals surface area contributed by atoms with Gasteiger partial charge in [-0.1, -0.05) is 12.1 Å². The SMILES string of the molecule is COc1ccc(N(C)C(=O)Nc2cc(Oc3ccc(NC(=S)NC(=O)Cc4ccc(F)cc4)cc3F)ncn2)cc1. The van der Waals surface area contributed by atoms with Crippen LogP contribution >= 0.6 is 12.2 Å². The number of ether oxygens (including phenoxy) is 2. The number of halogens is 2. The van der Waals surface area contributed by atoms with Crippen molar-refractivity contribution >= 4 is 46.5 Å². The van der Waals surface area contributed by atoms with E-state index in [4.69, 9.17) is 21.7 Å². The van der Waals surface area contributed by atoms with Crippen molar-refractivity contribution in [2.24, 2.45) is 0 Å². The molecule has 0 aliphatic carbocycles. The van der Waals surface area contributed by atoms with Crippen LogP contribution in [-0.4, -0.2) is 41.2 Å². The summed E-state index contributed by atoms with van der Waals surface area (Å²) in [6.45, 7) is 0. The number of aromatic nitrogens is 2. The summed E-state index contributed by atoms with van der Waals surface area (Å²) < 4.78 is 38.5. The highest BCUT2D eigenvalue weighted by Crippen LogP contribution is 2.27. The second-order valence-corrected chi connectivity index (χ2v) is 8.89. The first kappa shape index (κ1) is 28.8. The molecule has 1 heterocycles. The van der Waals surface area contributed by atoms with Gasteiger partial charge in [-0.3, -0.25) is 15.0 Å². The van der Waals surface area contributed by atoms with Gasteiger partial charge >= 0.3 is 6.03 Å². The Morgan fingerprint density at radius 1 is 0.951 bits per heavy atom. The van der Waals surface area contributed by atoms with Crippen LogP contribution in [0, 0.1) is 11.6 Å². The lowest BCUT2D eigenvalue weighted by Crippen LogP contribution is -2.35. The topological polar surface area (TPSA) is 118 Å². The van der Waals surface area contributed by atoms with Gasteiger partial charge in [-0.25, -0.2) is 23.5 Å².